The second-order valence-electron chi connectivity index (χ2n) is 3.60. The molecule has 0 aliphatic rings. The van der Waals surface area contributed by atoms with Gasteiger partial charge in [-0.05, 0) is 12.5 Å². The summed E-state index contributed by atoms with van der Waals surface area (Å²) in [5.41, 5.74) is 1.31. The van der Waals surface area contributed by atoms with E-state index in [1.807, 2.05) is 12.3 Å². The van der Waals surface area contributed by atoms with Crippen LogP contribution in [0.1, 0.15) is 10.4 Å². The number of benzene rings is 1. The third-order valence-electron chi connectivity index (χ3n) is 2.20. The first-order valence-corrected chi connectivity index (χ1v) is 5.75. The Labute approximate surface area is 94.2 Å². The summed E-state index contributed by atoms with van der Waals surface area (Å²) in [6.45, 7) is 2.99. The van der Waals surface area contributed by atoms with Crippen molar-refractivity contribution in [2.75, 3.05) is 11.9 Å². The lowest BCUT2D eigenvalue weighted by molar-refractivity contribution is 0.915. The Morgan fingerprint density at radius 2 is 2.00 bits per heavy atom. The molecule has 0 fully saturated rings. The molecule has 1 aromatic carbocycles. The molecule has 78 valence electrons. The third-order valence-corrected chi connectivity index (χ3v) is 3.23. The van der Waals surface area contributed by atoms with Crippen LogP contribution in [-0.4, -0.2) is 12.0 Å². The molecule has 0 saturated carbocycles. The fourth-order valence-electron chi connectivity index (χ4n) is 1.44. The van der Waals surface area contributed by atoms with Gasteiger partial charge in [-0.15, -0.1) is 11.3 Å². The van der Waals surface area contributed by atoms with Gasteiger partial charge in [0, 0.05) is 24.7 Å². The van der Waals surface area contributed by atoms with Gasteiger partial charge >= 0.3 is 0 Å². The summed E-state index contributed by atoms with van der Waals surface area (Å²) in [5, 5.41) is 1.08. The summed E-state index contributed by atoms with van der Waals surface area (Å²) in [7, 11) is 2.07. The van der Waals surface area contributed by atoms with Gasteiger partial charge < -0.3 is 4.90 Å². The summed E-state index contributed by atoms with van der Waals surface area (Å²) >= 11 is 1.73. The summed E-state index contributed by atoms with van der Waals surface area (Å²) in [6, 6.07) is 10.4. The molecule has 2 nitrogen and oxygen atoms in total. The Hall–Kier alpha value is -1.35. The molecule has 0 bridgehead atoms. The molecule has 0 unspecified atom stereocenters. The number of hydrogen-bond donors (Lipinski definition) is 0. The van der Waals surface area contributed by atoms with Gasteiger partial charge in [0.15, 0.2) is 5.13 Å². The molecule has 0 aliphatic carbocycles. The fraction of sp³-hybridized carbons (Fsp3) is 0.250. The predicted octanol–water partition coefficient (Wildman–Crippen LogP) is 3.09. The maximum Gasteiger partial charge on any atom is 0.185 e. The van der Waals surface area contributed by atoms with E-state index in [2.05, 4.69) is 48.1 Å². The summed E-state index contributed by atoms with van der Waals surface area (Å²) in [5.74, 6) is 0. The Morgan fingerprint density at radius 1 is 1.27 bits per heavy atom. The lowest BCUT2D eigenvalue weighted by atomic mass is 10.2. The van der Waals surface area contributed by atoms with Crippen molar-refractivity contribution >= 4 is 16.5 Å². The van der Waals surface area contributed by atoms with Crippen molar-refractivity contribution < 1.29 is 0 Å². The number of nitrogens with zero attached hydrogens (tertiary/aromatic N) is 2. The van der Waals surface area contributed by atoms with Gasteiger partial charge in [0.1, 0.15) is 0 Å². The smallest absolute Gasteiger partial charge is 0.185 e. The van der Waals surface area contributed by atoms with E-state index in [1.54, 1.807) is 11.3 Å². The quantitative estimate of drug-likeness (QED) is 0.787. The maximum atomic E-state index is 4.36. The monoisotopic (exact) mass is 218 g/mol. The molecular formula is C12H14N2S. The Bertz CT molecular complexity index is 422. The highest BCUT2D eigenvalue weighted by Crippen LogP contribution is 2.21. The minimum atomic E-state index is 0.911. The van der Waals surface area contributed by atoms with Crippen LogP contribution in [0.5, 0.6) is 0 Å². The standard InChI is InChI=1S/C12H14N2S/c1-10-8-13-12(15-10)14(2)9-11-6-4-3-5-7-11/h3-8H,9H2,1-2H3. The van der Waals surface area contributed by atoms with E-state index in [9.17, 15) is 0 Å². The van der Waals surface area contributed by atoms with E-state index in [0.29, 0.717) is 0 Å². The SMILES string of the molecule is Cc1cnc(N(C)Cc2ccccc2)s1. The average molecular weight is 218 g/mol. The van der Waals surface area contributed by atoms with E-state index >= 15 is 0 Å². The van der Waals surface area contributed by atoms with Crippen molar-refractivity contribution in [3.8, 4) is 0 Å². The van der Waals surface area contributed by atoms with Gasteiger partial charge in [-0.2, -0.15) is 0 Å². The van der Waals surface area contributed by atoms with Crippen LogP contribution in [0.4, 0.5) is 5.13 Å². The van der Waals surface area contributed by atoms with Crippen LogP contribution in [-0.2, 0) is 6.54 Å². The van der Waals surface area contributed by atoms with E-state index in [-0.39, 0.29) is 0 Å². The molecule has 1 aromatic heterocycles. The number of rotatable bonds is 3. The van der Waals surface area contributed by atoms with Crippen LogP contribution in [0.3, 0.4) is 0 Å². The molecule has 0 saturated heterocycles. The first-order chi connectivity index (χ1) is 7.25. The van der Waals surface area contributed by atoms with Crippen molar-refractivity contribution in [1.29, 1.82) is 0 Å². The molecular weight excluding hydrogens is 204 g/mol. The fourth-order valence-corrected chi connectivity index (χ4v) is 2.16. The molecule has 0 radical (unpaired) electrons. The first-order valence-electron chi connectivity index (χ1n) is 4.93. The van der Waals surface area contributed by atoms with E-state index in [4.69, 9.17) is 0 Å². The molecule has 3 heteroatoms. The lowest BCUT2D eigenvalue weighted by Gasteiger charge is -2.15. The minimum Gasteiger partial charge on any atom is -0.347 e. The van der Waals surface area contributed by atoms with Crippen molar-refractivity contribution in [2.24, 2.45) is 0 Å². The van der Waals surface area contributed by atoms with Crippen LogP contribution in [0.25, 0.3) is 0 Å². The zero-order valence-electron chi connectivity index (χ0n) is 8.97. The molecule has 1 heterocycles. The van der Waals surface area contributed by atoms with Gasteiger partial charge in [0.25, 0.3) is 0 Å². The van der Waals surface area contributed by atoms with Crippen LogP contribution >= 0.6 is 11.3 Å². The lowest BCUT2D eigenvalue weighted by Crippen LogP contribution is -2.15. The third kappa shape index (κ3) is 2.57. The molecule has 15 heavy (non-hydrogen) atoms. The van der Waals surface area contributed by atoms with Gasteiger partial charge in [-0.1, -0.05) is 30.3 Å². The van der Waals surface area contributed by atoms with Crippen LogP contribution in [0.2, 0.25) is 0 Å². The molecule has 2 rings (SSSR count). The number of hydrogen-bond acceptors (Lipinski definition) is 3. The van der Waals surface area contributed by atoms with Crippen molar-refractivity contribution in [3.63, 3.8) is 0 Å². The van der Waals surface area contributed by atoms with E-state index in [0.717, 1.165) is 11.7 Å². The largest absolute Gasteiger partial charge is 0.347 e. The normalized spacial score (nSPS) is 10.3. The first kappa shape index (κ1) is 10.2. The van der Waals surface area contributed by atoms with Crippen molar-refractivity contribution in [1.82, 2.24) is 4.98 Å². The van der Waals surface area contributed by atoms with Crippen LogP contribution < -0.4 is 4.90 Å². The Balaban J connectivity index is 2.07. The highest BCUT2D eigenvalue weighted by atomic mass is 32.1. The van der Waals surface area contributed by atoms with Crippen LogP contribution in [0, 0.1) is 6.92 Å². The minimum absolute atomic E-state index is 0.911. The number of anilines is 1. The molecule has 2 aromatic rings. The highest BCUT2D eigenvalue weighted by molar-refractivity contribution is 7.15. The zero-order chi connectivity index (χ0) is 10.7. The topological polar surface area (TPSA) is 16.1 Å². The van der Waals surface area contributed by atoms with Gasteiger partial charge in [-0.3, -0.25) is 0 Å². The van der Waals surface area contributed by atoms with E-state index in [1.165, 1.54) is 10.4 Å². The maximum absolute atomic E-state index is 4.36. The number of aromatic nitrogens is 1. The van der Waals surface area contributed by atoms with Gasteiger partial charge in [0.2, 0.25) is 0 Å². The molecule has 0 N–H and O–H groups in total. The second-order valence-corrected chi connectivity index (χ2v) is 4.81. The molecule has 0 aliphatic heterocycles. The average Bonchev–Trinajstić information content (AvgIpc) is 2.66. The summed E-state index contributed by atoms with van der Waals surface area (Å²) in [4.78, 5) is 7.78. The van der Waals surface area contributed by atoms with Crippen molar-refractivity contribution in [2.45, 2.75) is 13.5 Å². The molecule has 0 amide bonds. The van der Waals surface area contributed by atoms with Gasteiger partial charge in [0.05, 0.1) is 0 Å². The Morgan fingerprint density at radius 3 is 2.60 bits per heavy atom. The van der Waals surface area contributed by atoms with Crippen LogP contribution in [0.15, 0.2) is 36.5 Å². The predicted molar refractivity (Wildman–Crippen MR) is 65.4 cm³/mol. The van der Waals surface area contributed by atoms with E-state index < -0.39 is 0 Å². The summed E-state index contributed by atoms with van der Waals surface area (Å²) < 4.78 is 0. The Kier molecular flexibility index (Phi) is 3.02. The highest BCUT2D eigenvalue weighted by Gasteiger charge is 2.05. The van der Waals surface area contributed by atoms with Gasteiger partial charge in [-0.25, -0.2) is 4.98 Å². The zero-order valence-corrected chi connectivity index (χ0v) is 9.79. The molecule has 0 atom stereocenters. The van der Waals surface area contributed by atoms with Crippen molar-refractivity contribution in [3.05, 3.63) is 47.0 Å². The number of aryl methyl sites for hydroxylation is 1. The number of thiazole rings is 1. The summed E-state index contributed by atoms with van der Waals surface area (Å²) in [6.07, 6.45) is 1.92. The second kappa shape index (κ2) is 4.45. The molecule has 0 spiro atoms.